The Kier molecular flexibility index (Phi) is 27.8. The highest BCUT2D eigenvalue weighted by Gasteiger charge is 2.55. The predicted molar refractivity (Wildman–Crippen MR) is 330 cm³/mol. The molecule has 98 heavy (non-hydrogen) atoms. The van der Waals surface area contributed by atoms with Gasteiger partial charge in [-0.15, -0.1) is 0 Å². The number of rotatable bonds is 22. The maximum absolute atomic E-state index is 15.2. The highest BCUT2D eigenvalue weighted by atomic mass is 16.7. The van der Waals surface area contributed by atoms with Gasteiger partial charge in [-0.25, -0.2) is 4.90 Å². The molecule has 0 saturated carbocycles. The molecule has 2 unspecified atom stereocenters. The molecule has 6 heterocycles. The van der Waals surface area contributed by atoms with Gasteiger partial charge < -0.3 is 138 Å². The number of aliphatic hydroxyl groups excluding tert-OH is 13. The van der Waals surface area contributed by atoms with Crippen LogP contribution >= 0.6 is 0 Å². The summed E-state index contributed by atoms with van der Waals surface area (Å²) in [6.07, 6.45) is -32.0. The van der Waals surface area contributed by atoms with Crippen molar-refractivity contribution in [2.75, 3.05) is 46.1 Å². The highest BCUT2D eigenvalue weighted by molar-refractivity contribution is 5.98. The Hall–Kier alpha value is -6.39. The lowest BCUT2D eigenvalue weighted by Crippen LogP contribution is -2.70. The van der Waals surface area contributed by atoms with Gasteiger partial charge in [0, 0.05) is 31.8 Å². The first-order valence-corrected chi connectivity index (χ1v) is 32.2. The van der Waals surface area contributed by atoms with Crippen LogP contribution in [0.2, 0.25) is 0 Å². The van der Waals surface area contributed by atoms with E-state index >= 15 is 9.59 Å². The first-order chi connectivity index (χ1) is 46.7. The Labute approximate surface area is 560 Å². The number of benzene rings is 2. The Morgan fingerprint density at radius 2 is 1.23 bits per heavy atom. The molecule has 6 aliphatic rings. The number of ether oxygens (including phenoxy) is 6. The topological polar surface area (TPSA) is 601 Å². The van der Waals surface area contributed by atoms with E-state index in [0.717, 1.165) is 11.3 Å². The lowest BCUT2D eigenvalue weighted by atomic mass is 9.92. The van der Waals surface area contributed by atoms with Gasteiger partial charge in [-0.2, -0.15) is 0 Å². The molecule has 0 spiro atoms. The van der Waals surface area contributed by atoms with Gasteiger partial charge in [-0.1, -0.05) is 69.2 Å². The first-order valence-electron chi connectivity index (χ1n) is 32.2. The zero-order valence-electron chi connectivity index (χ0n) is 53.5. The molecule has 6 fully saturated rings. The maximum Gasteiger partial charge on any atom is 0.305 e. The van der Waals surface area contributed by atoms with Crippen molar-refractivity contribution in [1.29, 1.82) is 0 Å². The van der Waals surface area contributed by atoms with Crippen molar-refractivity contribution in [3.05, 3.63) is 65.7 Å². The molecule has 6 aliphatic heterocycles. The number of unbranched alkanes of at least 4 members (excludes halogenated alkanes) is 2. The van der Waals surface area contributed by atoms with Crippen molar-refractivity contribution in [2.45, 2.75) is 211 Å². The van der Waals surface area contributed by atoms with E-state index < -0.39 is 252 Å². The average Bonchev–Trinajstić information content (AvgIpc) is 1.37. The van der Waals surface area contributed by atoms with Crippen LogP contribution in [0.1, 0.15) is 56.6 Å². The van der Waals surface area contributed by atoms with Crippen molar-refractivity contribution in [3.63, 3.8) is 0 Å². The molecular weight excluding hydrogens is 1300 g/mol. The van der Waals surface area contributed by atoms with Crippen molar-refractivity contribution >= 4 is 41.4 Å². The number of carbonyl (C=O) groups is 7. The minimum Gasteiger partial charge on any atom is -0.463 e. The second kappa shape index (κ2) is 35.3. The molecule has 0 radical (unpaired) electrons. The molecule has 0 aliphatic carbocycles. The molecule has 0 aromatic heterocycles. The van der Waals surface area contributed by atoms with E-state index in [4.69, 9.17) is 39.9 Å². The molecule has 548 valence electrons. The summed E-state index contributed by atoms with van der Waals surface area (Å²) in [5.41, 5.74) is 13.3. The lowest BCUT2D eigenvalue weighted by molar-refractivity contribution is -0.352. The van der Waals surface area contributed by atoms with Crippen LogP contribution in [-0.2, 0) is 63.7 Å². The number of nitrogens with two attached hydrogens (primary N) is 2. The van der Waals surface area contributed by atoms with E-state index in [1.807, 2.05) is 6.92 Å². The van der Waals surface area contributed by atoms with Crippen LogP contribution in [0.5, 0.6) is 5.75 Å². The predicted octanol–water partition coefficient (Wildman–Crippen LogP) is -12.4. The molecule has 38 heteroatoms. The number of amides is 6. The summed E-state index contributed by atoms with van der Waals surface area (Å²) in [6.45, 7) is -1.45. The monoisotopic (exact) mass is 1400 g/mol. The van der Waals surface area contributed by atoms with Gasteiger partial charge in [0.25, 0.3) is 0 Å². The molecular formula is C60H92N12O26. The van der Waals surface area contributed by atoms with E-state index in [-0.39, 0.29) is 24.3 Å². The third kappa shape index (κ3) is 18.6. The SMILES string of the molecule is CCCCCC(=O)OC[C@H]1O[C@H](N2C(N)NC[C@H]2[C@H](O)[C@H]2NC(=O)[C@H]([C@@H](O)[C@@H]3CNC(N)N3)NC(=O)[C@@H](Cc3ccc(O[C@H]4O[C@H](CO)[C@@H](O[C@H]5O[C@H](CO)[C@@H](O)[C@H](O)[C@@H]5O)[C@H](O)[C@@H]4O)cc3)NC(=O)[C@H]([C@@H](C)c3ccccc3)NC(=O)CNC(=O)[C@H](CO)NC2=O)[C@@H](O)[C@@H](O)[C@@H]1O. The second-order valence-electron chi connectivity index (χ2n) is 24.9. The molecule has 38 nitrogen and oxygen atoms in total. The fourth-order valence-electron chi connectivity index (χ4n) is 12.3. The van der Waals surface area contributed by atoms with Crippen LogP contribution < -0.4 is 64.1 Å². The normalized spacial score (nSPS) is 37.6. The van der Waals surface area contributed by atoms with Crippen LogP contribution in [0.15, 0.2) is 54.6 Å². The van der Waals surface area contributed by atoms with E-state index in [2.05, 4.69) is 47.9 Å². The highest BCUT2D eigenvalue weighted by Crippen LogP contribution is 2.33. The van der Waals surface area contributed by atoms with Crippen molar-refractivity contribution in [1.82, 2.24) is 52.8 Å². The number of nitrogens with zero attached hydrogens (tertiary/aromatic N) is 1. The third-order valence-electron chi connectivity index (χ3n) is 18.1. The zero-order valence-corrected chi connectivity index (χ0v) is 53.5. The first kappa shape index (κ1) is 77.3. The molecule has 2 aromatic carbocycles. The fraction of sp³-hybridized carbons (Fsp3) is 0.683. The van der Waals surface area contributed by atoms with Gasteiger partial charge >= 0.3 is 5.97 Å². The minimum atomic E-state index is -2.33. The number of hydrogen-bond donors (Lipinski definition) is 24. The second-order valence-corrected chi connectivity index (χ2v) is 24.9. The van der Waals surface area contributed by atoms with Crippen molar-refractivity contribution in [2.24, 2.45) is 11.5 Å². The summed E-state index contributed by atoms with van der Waals surface area (Å²) in [5, 5.41) is 165. The van der Waals surface area contributed by atoms with Crippen molar-refractivity contribution < 1.29 is 128 Å². The zero-order chi connectivity index (χ0) is 71.4. The Bertz CT molecular complexity index is 2970. The van der Waals surface area contributed by atoms with Gasteiger partial charge in [0.05, 0.1) is 44.6 Å². The molecule has 6 amide bonds. The summed E-state index contributed by atoms with van der Waals surface area (Å²) < 4.78 is 34.0. The number of carbonyl (C=O) groups excluding carboxylic acids is 7. The summed E-state index contributed by atoms with van der Waals surface area (Å²) in [6, 6.07) is 1.09. The number of hydrogen-bond acceptors (Lipinski definition) is 32. The number of aliphatic hydroxyl groups is 13. The van der Waals surface area contributed by atoms with E-state index in [9.17, 15) is 90.4 Å². The van der Waals surface area contributed by atoms with Gasteiger partial charge in [0.15, 0.2) is 6.29 Å². The molecule has 6 saturated heterocycles. The number of nitrogens with one attached hydrogen (secondary N) is 9. The molecule has 2 aromatic rings. The van der Waals surface area contributed by atoms with Crippen LogP contribution in [-0.4, -0.2) is 318 Å². The quantitative estimate of drug-likeness (QED) is 0.0384. The van der Waals surface area contributed by atoms with E-state index in [1.54, 1.807) is 37.3 Å². The summed E-state index contributed by atoms with van der Waals surface area (Å²) in [4.78, 5) is 102. The third-order valence-corrected chi connectivity index (χ3v) is 18.1. The molecule has 8 rings (SSSR count). The maximum atomic E-state index is 15.2. The van der Waals surface area contributed by atoms with Crippen LogP contribution in [0.3, 0.4) is 0 Å². The number of esters is 1. The van der Waals surface area contributed by atoms with Gasteiger partial charge in [-0.3, -0.25) is 49.5 Å². The summed E-state index contributed by atoms with van der Waals surface area (Å²) in [5.74, 6) is -8.87. The Morgan fingerprint density at radius 1 is 0.622 bits per heavy atom. The Balaban J connectivity index is 1.10. The largest absolute Gasteiger partial charge is 0.463 e. The minimum absolute atomic E-state index is 0.0174. The van der Waals surface area contributed by atoms with Crippen LogP contribution in [0.4, 0.5) is 0 Å². The summed E-state index contributed by atoms with van der Waals surface area (Å²) in [7, 11) is 0. The van der Waals surface area contributed by atoms with E-state index in [1.165, 1.54) is 24.3 Å². The average molecular weight is 1400 g/mol. The molecule has 0 bridgehead atoms. The van der Waals surface area contributed by atoms with Crippen molar-refractivity contribution in [3.8, 4) is 5.75 Å². The summed E-state index contributed by atoms with van der Waals surface area (Å²) >= 11 is 0. The molecule has 27 atom stereocenters. The van der Waals surface area contributed by atoms with Gasteiger partial charge in [0.2, 0.25) is 41.7 Å². The molecule has 26 N–H and O–H groups in total. The van der Waals surface area contributed by atoms with Crippen LogP contribution in [0.25, 0.3) is 0 Å². The fourth-order valence-corrected chi connectivity index (χ4v) is 12.3. The van der Waals surface area contributed by atoms with Gasteiger partial charge in [-0.05, 0) is 29.7 Å². The standard InChI is InChI=1S/C60H92N12O26/c1-3-4-6-11-36(77)93-23-34-43(81)44(82)47(85)56(95-34)72-31(18-65-60(72)62)41(79)39-54(91)67-30(20-73)51(88)63-19-35(76)69-37(24(2)26-9-7-5-8-10-26)53(90)66-28(52(89)70-38(55(92)71-39)40(78)29-17-64-59(61)68-29)16-25-12-14-27(15-13-25)94-57-49(87)46(84)50(33(22-75)97-57)98-58-48(86)45(83)42(80)32(21-74)96-58/h5,7-10,12-15,24,28-34,37-50,56-60,64-65,68,73-75,78-87H,3-4,6,11,16-23,61-62H2,1-2H3,(H,63,88)(H,66,90)(H,67,91)(H,69,76)(H,70,89)(H,71,92)/t24-,28+,29-,30-,31-,32+,33+,34+,37-,38-,39+,40-,41-,42+,43+,44-,45-,46+,47-,48-,49-,50+,56-,57-,58+,59?,60?/m0/s1. The van der Waals surface area contributed by atoms with Gasteiger partial charge in [0.1, 0.15) is 141 Å². The lowest BCUT2D eigenvalue weighted by Gasteiger charge is -2.47. The Morgan fingerprint density at radius 3 is 1.89 bits per heavy atom. The van der Waals surface area contributed by atoms with E-state index in [0.29, 0.717) is 18.4 Å². The smallest absolute Gasteiger partial charge is 0.305 e. The van der Waals surface area contributed by atoms with Crippen LogP contribution in [0, 0.1) is 0 Å².